The summed E-state index contributed by atoms with van der Waals surface area (Å²) in [5.74, 6) is 1.60. The number of nitrogens with zero attached hydrogens (tertiary/aromatic N) is 1. The van der Waals surface area contributed by atoms with E-state index in [2.05, 4.69) is 10.3 Å². The minimum atomic E-state index is -0.0997. The molecule has 0 atom stereocenters. The quantitative estimate of drug-likeness (QED) is 0.284. The molecule has 0 unspecified atom stereocenters. The summed E-state index contributed by atoms with van der Waals surface area (Å²) in [7, 11) is 1.88. The first-order valence-electron chi connectivity index (χ1n) is 11.1. The highest BCUT2D eigenvalue weighted by Gasteiger charge is 2.29. The van der Waals surface area contributed by atoms with E-state index in [1.54, 1.807) is 11.0 Å². The number of aromatic hydroxyl groups is 1. The molecule has 0 bridgehead atoms. The van der Waals surface area contributed by atoms with E-state index >= 15 is 0 Å². The zero-order chi connectivity index (χ0) is 23.4. The molecule has 0 aliphatic carbocycles. The molecule has 172 valence electrons. The van der Waals surface area contributed by atoms with Gasteiger partial charge >= 0.3 is 0 Å². The second kappa shape index (κ2) is 10.1. The molecule has 7 heteroatoms. The van der Waals surface area contributed by atoms with E-state index in [0.29, 0.717) is 18.8 Å². The van der Waals surface area contributed by atoms with E-state index < -0.39 is 0 Å². The number of carbonyl (C=O) groups is 1. The average Bonchev–Trinajstić information content (AvgIpc) is 3.44. The molecule has 0 fully saturated rings. The Labute approximate surface area is 198 Å². The van der Waals surface area contributed by atoms with Gasteiger partial charge in [-0.2, -0.15) is 0 Å². The van der Waals surface area contributed by atoms with Crippen LogP contribution in [0.4, 0.5) is 5.69 Å². The van der Waals surface area contributed by atoms with E-state index in [0.717, 1.165) is 57.5 Å². The molecule has 1 aromatic heterocycles. The molecule has 3 N–H and O–H groups in total. The fraction of sp³-hybridized carbons (Fsp3) is 0.269. The summed E-state index contributed by atoms with van der Waals surface area (Å²) in [6, 6.07) is 17.1. The SMILES string of the molecule is CCCl.CNCCOc1ccc2[nH]c(C(=O)N3CCc4c3cc(O)c3ccccc43)cc2c1. The van der Waals surface area contributed by atoms with Gasteiger partial charge in [0, 0.05) is 41.3 Å². The number of benzene rings is 3. The van der Waals surface area contributed by atoms with E-state index in [9.17, 15) is 9.90 Å². The molecule has 0 spiro atoms. The van der Waals surface area contributed by atoms with Crippen molar-refractivity contribution in [3.05, 3.63) is 65.9 Å². The predicted molar refractivity (Wildman–Crippen MR) is 135 cm³/mol. The predicted octanol–water partition coefficient (Wildman–Crippen LogP) is 5.07. The molecule has 1 aliphatic rings. The first-order valence-corrected chi connectivity index (χ1v) is 11.6. The number of hydrogen-bond acceptors (Lipinski definition) is 4. The van der Waals surface area contributed by atoms with Crippen LogP contribution in [0.25, 0.3) is 21.7 Å². The number of rotatable bonds is 5. The monoisotopic (exact) mass is 465 g/mol. The van der Waals surface area contributed by atoms with Crippen LogP contribution in [0.2, 0.25) is 0 Å². The van der Waals surface area contributed by atoms with Gasteiger partial charge in [-0.3, -0.25) is 4.79 Å². The number of phenolic OH excluding ortho intramolecular Hbond substituents is 1. The maximum Gasteiger partial charge on any atom is 0.274 e. The lowest BCUT2D eigenvalue weighted by atomic mass is 10.0. The van der Waals surface area contributed by atoms with Crippen LogP contribution in [-0.2, 0) is 6.42 Å². The molecule has 2 heterocycles. The number of hydrogen-bond donors (Lipinski definition) is 3. The summed E-state index contributed by atoms with van der Waals surface area (Å²) in [6.07, 6.45) is 0.769. The van der Waals surface area contributed by atoms with Gasteiger partial charge in [0.2, 0.25) is 0 Å². The van der Waals surface area contributed by atoms with Crippen LogP contribution >= 0.6 is 11.6 Å². The number of H-pyrrole nitrogens is 1. The van der Waals surface area contributed by atoms with Crippen molar-refractivity contribution in [1.29, 1.82) is 0 Å². The molecule has 1 amide bonds. The second-order valence-corrected chi connectivity index (χ2v) is 8.33. The van der Waals surface area contributed by atoms with Crippen molar-refractivity contribution in [3.8, 4) is 11.5 Å². The number of anilines is 1. The van der Waals surface area contributed by atoms with Gasteiger partial charge in [-0.1, -0.05) is 31.2 Å². The summed E-state index contributed by atoms with van der Waals surface area (Å²) < 4.78 is 5.73. The van der Waals surface area contributed by atoms with Crippen LogP contribution in [-0.4, -0.2) is 48.6 Å². The number of carbonyl (C=O) groups excluding carboxylic acids is 1. The Morgan fingerprint density at radius 1 is 1.18 bits per heavy atom. The standard InChI is InChI=1S/C24H23N3O3.C2H5Cl/c1-25-9-11-30-16-6-7-20-15(12-16)13-21(26-20)24(29)27-10-8-18-17-4-2-3-5-19(17)23(28)14-22(18)27;1-2-3/h2-7,12-14,25-26,28H,8-11H2,1H3;2H2,1H3. The Balaban J connectivity index is 0.000000821. The molecule has 1 aliphatic heterocycles. The second-order valence-electron chi connectivity index (χ2n) is 7.80. The van der Waals surface area contributed by atoms with Crippen LogP contribution in [0.5, 0.6) is 11.5 Å². The lowest BCUT2D eigenvalue weighted by molar-refractivity contribution is 0.0985. The normalized spacial score (nSPS) is 12.5. The Morgan fingerprint density at radius 2 is 1.94 bits per heavy atom. The number of alkyl halides is 1. The summed E-state index contributed by atoms with van der Waals surface area (Å²) in [5, 5.41) is 16.3. The van der Waals surface area contributed by atoms with Gasteiger partial charge in [0.1, 0.15) is 23.8 Å². The molecule has 6 nitrogen and oxygen atoms in total. The number of ether oxygens (including phenoxy) is 1. The first-order chi connectivity index (χ1) is 16.1. The van der Waals surface area contributed by atoms with Crippen molar-refractivity contribution in [2.75, 3.05) is 37.5 Å². The third-order valence-corrected chi connectivity index (χ3v) is 5.68. The van der Waals surface area contributed by atoms with Crippen LogP contribution in [0, 0.1) is 0 Å². The number of amides is 1. The number of phenols is 1. The first kappa shape index (κ1) is 23.0. The van der Waals surface area contributed by atoms with Crippen molar-refractivity contribution in [2.45, 2.75) is 13.3 Å². The third kappa shape index (κ3) is 4.63. The zero-order valence-corrected chi connectivity index (χ0v) is 19.6. The summed E-state index contributed by atoms with van der Waals surface area (Å²) >= 11 is 5.00. The molecule has 0 saturated carbocycles. The van der Waals surface area contributed by atoms with Crippen molar-refractivity contribution in [2.24, 2.45) is 0 Å². The number of fused-ring (bicyclic) bond motifs is 4. The minimum absolute atomic E-state index is 0.0997. The van der Waals surface area contributed by atoms with Gasteiger partial charge in [0.05, 0.1) is 5.69 Å². The van der Waals surface area contributed by atoms with Gasteiger partial charge in [-0.15, -0.1) is 11.6 Å². The van der Waals surface area contributed by atoms with Crippen molar-refractivity contribution in [1.82, 2.24) is 10.3 Å². The zero-order valence-electron chi connectivity index (χ0n) is 18.8. The molecule has 5 rings (SSSR count). The largest absolute Gasteiger partial charge is 0.507 e. The van der Waals surface area contributed by atoms with Gasteiger partial charge in [-0.05, 0) is 48.7 Å². The van der Waals surface area contributed by atoms with Gasteiger partial charge < -0.3 is 25.0 Å². The summed E-state index contributed by atoms with van der Waals surface area (Å²) in [5.41, 5.74) is 3.30. The highest BCUT2D eigenvalue weighted by molar-refractivity contribution is 6.17. The molecule has 33 heavy (non-hydrogen) atoms. The fourth-order valence-electron chi connectivity index (χ4n) is 4.19. The smallest absolute Gasteiger partial charge is 0.274 e. The number of aromatic nitrogens is 1. The lowest BCUT2D eigenvalue weighted by Gasteiger charge is -2.17. The van der Waals surface area contributed by atoms with E-state index in [1.165, 1.54) is 0 Å². The van der Waals surface area contributed by atoms with Crippen LogP contribution in [0.1, 0.15) is 23.0 Å². The van der Waals surface area contributed by atoms with Crippen molar-refractivity contribution in [3.63, 3.8) is 0 Å². The minimum Gasteiger partial charge on any atom is -0.507 e. The third-order valence-electron chi connectivity index (χ3n) is 5.68. The molecule has 0 radical (unpaired) electrons. The number of halogens is 1. The van der Waals surface area contributed by atoms with Gasteiger partial charge in [-0.25, -0.2) is 0 Å². The summed E-state index contributed by atoms with van der Waals surface area (Å²) in [4.78, 5) is 18.3. The van der Waals surface area contributed by atoms with Crippen LogP contribution in [0.15, 0.2) is 54.6 Å². The van der Waals surface area contributed by atoms with Crippen LogP contribution in [0.3, 0.4) is 0 Å². The summed E-state index contributed by atoms with van der Waals surface area (Å²) in [6.45, 7) is 3.84. The Kier molecular flexibility index (Phi) is 7.06. The highest BCUT2D eigenvalue weighted by atomic mass is 35.5. The fourth-order valence-corrected chi connectivity index (χ4v) is 4.19. The van der Waals surface area contributed by atoms with Crippen molar-refractivity contribution >= 4 is 44.9 Å². The Hall–Kier alpha value is -3.22. The highest BCUT2D eigenvalue weighted by Crippen LogP contribution is 2.40. The molecule has 0 saturated heterocycles. The van der Waals surface area contributed by atoms with E-state index in [1.807, 2.05) is 62.5 Å². The maximum absolute atomic E-state index is 13.3. The van der Waals surface area contributed by atoms with E-state index in [-0.39, 0.29) is 11.7 Å². The van der Waals surface area contributed by atoms with Gasteiger partial charge in [0.25, 0.3) is 5.91 Å². The molecule has 4 aromatic rings. The number of aromatic amines is 1. The molecular formula is C26H28ClN3O3. The van der Waals surface area contributed by atoms with E-state index in [4.69, 9.17) is 16.3 Å². The number of nitrogens with one attached hydrogen (secondary N) is 2. The van der Waals surface area contributed by atoms with Crippen molar-refractivity contribution < 1.29 is 14.6 Å². The topological polar surface area (TPSA) is 77.6 Å². The Bertz CT molecular complexity index is 1280. The maximum atomic E-state index is 13.3. The Morgan fingerprint density at radius 3 is 2.70 bits per heavy atom. The lowest BCUT2D eigenvalue weighted by Crippen LogP contribution is -2.29. The number of likely N-dealkylation sites (N-methyl/N-ethyl adjacent to an activating group) is 1. The molecule has 3 aromatic carbocycles. The van der Waals surface area contributed by atoms with Crippen LogP contribution < -0.4 is 15.0 Å². The molecular weight excluding hydrogens is 438 g/mol. The van der Waals surface area contributed by atoms with Gasteiger partial charge in [0.15, 0.2) is 0 Å². The average molecular weight is 466 g/mol.